The number of anilines is 1. The van der Waals surface area contributed by atoms with Crippen molar-refractivity contribution in [3.05, 3.63) is 14.9 Å². The maximum Gasteiger partial charge on any atom is 0.336 e. The highest BCUT2D eigenvalue weighted by Gasteiger charge is 2.20. The van der Waals surface area contributed by atoms with Gasteiger partial charge in [0.1, 0.15) is 4.21 Å². The van der Waals surface area contributed by atoms with Gasteiger partial charge in [-0.05, 0) is 22.0 Å². The fraction of sp³-hybridized carbons (Fsp3) is 0.143. The van der Waals surface area contributed by atoms with Gasteiger partial charge in [-0.2, -0.15) is 4.98 Å². The Labute approximate surface area is 120 Å². The fourth-order valence-corrected chi connectivity index (χ4v) is 4.38. The fourth-order valence-electron chi connectivity index (χ4n) is 1.02. The van der Waals surface area contributed by atoms with Crippen LogP contribution in [0.15, 0.2) is 14.1 Å². The number of rotatable bonds is 4. The van der Waals surface area contributed by atoms with E-state index in [1.807, 2.05) is 0 Å². The number of sulfonamides is 1. The number of nitrogens with zero attached hydrogens (tertiary/aromatic N) is 2. The van der Waals surface area contributed by atoms with E-state index in [-0.39, 0.29) is 16.2 Å². The molecule has 0 bridgehead atoms. The summed E-state index contributed by atoms with van der Waals surface area (Å²) in [5, 5.41) is 6.33. The van der Waals surface area contributed by atoms with E-state index in [4.69, 9.17) is 16.3 Å². The molecule has 0 aliphatic rings. The zero-order valence-corrected chi connectivity index (χ0v) is 12.7. The maximum absolute atomic E-state index is 12.0. The maximum atomic E-state index is 12.0. The number of H-pyrrole nitrogens is 1. The third kappa shape index (κ3) is 2.76. The van der Waals surface area contributed by atoms with Crippen LogP contribution >= 0.6 is 38.9 Å². The minimum Gasteiger partial charge on any atom is -0.466 e. The van der Waals surface area contributed by atoms with Crippen molar-refractivity contribution >= 4 is 54.8 Å². The van der Waals surface area contributed by atoms with Crippen LogP contribution < -0.4 is 9.46 Å². The Morgan fingerprint density at radius 2 is 2.33 bits per heavy atom. The Morgan fingerprint density at radius 1 is 1.61 bits per heavy atom. The average Bonchev–Trinajstić information content (AvgIpc) is 2.87. The van der Waals surface area contributed by atoms with E-state index < -0.39 is 10.0 Å². The Bertz CT molecular complexity index is 649. The molecule has 0 amide bonds. The van der Waals surface area contributed by atoms with E-state index in [1.165, 1.54) is 13.2 Å². The molecule has 7 nitrogen and oxygen atoms in total. The zero-order valence-electron chi connectivity index (χ0n) is 8.77. The summed E-state index contributed by atoms with van der Waals surface area (Å²) in [5.74, 6) is -0.0347. The standard InChI is InChI=1S/C7H6BrClN4O3S2/c1-16-7-10-6(11-12-7)13-18(14,15)4-2-3(9)5(8)17-4/h2H,1H3,(H2,10,11,12,13). The van der Waals surface area contributed by atoms with Crippen molar-refractivity contribution in [2.45, 2.75) is 4.21 Å². The van der Waals surface area contributed by atoms with Gasteiger partial charge in [0.2, 0.25) is 5.95 Å². The van der Waals surface area contributed by atoms with Crippen LogP contribution in [0.1, 0.15) is 0 Å². The molecule has 0 spiro atoms. The highest BCUT2D eigenvalue weighted by molar-refractivity contribution is 9.11. The van der Waals surface area contributed by atoms with E-state index in [9.17, 15) is 8.42 Å². The molecule has 0 unspecified atom stereocenters. The number of ether oxygens (including phenoxy) is 1. The molecule has 2 N–H and O–H groups in total. The molecule has 2 heterocycles. The molecule has 2 aromatic rings. The van der Waals surface area contributed by atoms with Crippen molar-refractivity contribution in [1.29, 1.82) is 0 Å². The van der Waals surface area contributed by atoms with Crippen molar-refractivity contribution < 1.29 is 13.2 Å². The Hall–Kier alpha value is -0.840. The molecular formula is C7H6BrClN4O3S2. The van der Waals surface area contributed by atoms with Crippen LogP contribution in [0.4, 0.5) is 5.95 Å². The number of aromatic nitrogens is 3. The smallest absolute Gasteiger partial charge is 0.336 e. The van der Waals surface area contributed by atoms with Crippen molar-refractivity contribution in [2.75, 3.05) is 11.8 Å². The van der Waals surface area contributed by atoms with Gasteiger partial charge in [-0.1, -0.05) is 11.6 Å². The van der Waals surface area contributed by atoms with Gasteiger partial charge in [-0.3, -0.25) is 0 Å². The van der Waals surface area contributed by atoms with Crippen molar-refractivity contribution in [3.63, 3.8) is 0 Å². The minimum absolute atomic E-state index is 0.0347. The average molecular weight is 374 g/mol. The topological polar surface area (TPSA) is 97.0 Å². The molecule has 0 fully saturated rings. The second-order valence-corrected chi connectivity index (χ2v) is 7.65. The molecule has 2 rings (SSSR count). The first-order valence-corrected chi connectivity index (χ1v) is 7.83. The van der Waals surface area contributed by atoms with Gasteiger partial charge in [0, 0.05) is 0 Å². The Morgan fingerprint density at radius 3 is 2.83 bits per heavy atom. The molecule has 11 heteroatoms. The van der Waals surface area contributed by atoms with Crippen LogP contribution in [0, 0.1) is 0 Å². The summed E-state index contributed by atoms with van der Waals surface area (Å²) in [5.41, 5.74) is 0. The van der Waals surface area contributed by atoms with Gasteiger partial charge in [0.25, 0.3) is 10.0 Å². The lowest BCUT2D eigenvalue weighted by Crippen LogP contribution is -2.12. The summed E-state index contributed by atoms with van der Waals surface area (Å²) in [4.78, 5) is 3.75. The summed E-state index contributed by atoms with van der Waals surface area (Å²) in [6.07, 6.45) is 0. The molecule has 0 atom stereocenters. The number of aromatic amines is 1. The lowest BCUT2D eigenvalue weighted by molar-refractivity contribution is 0.382. The first kappa shape index (κ1) is 13.6. The van der Waals surface area contributed by atoms with Crippen molar-refractivity contribution in [1.82, 2.24) is 15.2 Å². The van der Waals surface area contributed by atoms with E-state index in [2.05, 4.69) is 35.8 Å². The lowest BCUT2D eigenvalue weighted by atomic mass is 10.7. The SMILES string of the molecule is COc1n[nH]c(NS(=O)(=O)c2cc(Cl)c(Br)s2)n1. The summed E-state index contributed by atoms with van der Waals surface area (Å²) in [6, 6.07) is 1.38. The zero-order chi connectivity index (χ0) is 13.3. The van der Waals surface area contributed by atoms with Crippen LogP contribution in [0.3, 0.4) is 0 Å². The number of halogens is 2. The second kappa shape index (κ2) is 5.03. The molecular weight excluding hydrogens is 368 g/mol. The molecule has 0 radical (unpaired) electrons. The number of hydrogen-bond donors (Lipinski definition) is 2. The first-order valence-electron chi connectivity index (χ1n) is 4.36. The molecule has 0 aliphatic heterocycles. The highest BCUT2D eigenvalue weighted by atomic mass is 79.9. The van der Waals surface area contributed by atoms with Crippen LogP contribution in [0.2, 0.25) is 5.02 Å². The summed E-state index contributed by atoms with van der Waals surface area (Å²) in [6.45, 7) is 0. The third-order valence-corrected chi connectivity index (χ3v) is 6.05. The summed E-state index contributed by atoms with van der Waals surface area (Å²) in [7, 11) is -2.37. The quantitative estimate of drug-likeness (QED) is 0.855. The lowest BCUT2D eigenvalue weighted by Gasteiger charge is -2.00. The number of thiophene rings is 1. The van der Waals surface area contributed by atoms with E-state index in [0.29, 0.717) is 8.81 Å². The predicted octanol–water partition coefficient (Wildman–Crippen LogP) is 2.09. The van der Waals surface area contributed by atoms with E-state index in [1.54, 1.807) is 0 Å². The molecule has 18 heavy (non-hydrogen) atoms. The Balaban J connectivity index is 2.26. The van der Waals surface area contributed by atoms with Gasteiger partial charge in [0.15, 0.2) is 0 Å². The van der Waals surface area contributed by atoms with Crippen LogP contribution in [0.25, 0.3) is 0 Å². The largest absolute Gasteiger partial charge is 0.466 e. The van der Waals surface area contributed by atoms with E-state index >= 15 is 0 Å². The van der Waals surface area contributed by atoms with Gasteiger partial charge >= 0.3 is 6.01 Å². The van der Waals surface area contributed by atoms with Gasteiger partial charge in [-0.25, -0.2) is 18.2 Å². The van der Waals surface area contributed by atoms with Crippen LogP contribution in [-0.4, -0.2) is 30.7 Å². The molecule has 0 saturated carbocycles. The monoisotopic (exact) mass is 372 g/mol. The number of methoxy groups -OCH3 is 1. The van der Waals surface area contributed by atoms with Crippen molar-refractivity contribution in [2.24, 2.45) is 0 Å². The Kier molecular flexibility index (Phi) is 3.80. The van der Waals surface area contributed by atoms with Gasteiger partial charge in [-0.15, -0.1) is 16.4 Å². The normalized spacial score (nSPS) is 11.5. The number of nitrogens with one attached hydrogen (secondary N) is 2. The van der Waals surface area contributed by atoms with Gasteiger partial charge < -0.3 is 4.74 Å². The second-order valence-electron chi connectivity index (χ2n) is 2.96. The van der Waals surface area contributed by atoms with E-state index in [0.717, 1.165) is 11.3 Å². The van der Waals surface area contributed by atoms with Crippen LogP contribution in [-0.2, 0) is 10.0 Å². The van der Waals surface area contributed by atoms with Gasteiger partial charge in [0.05, 0.1) is 15.9 Å². The number of hydrogen-bond acceptors (Lipinski definition) is 6. The molecule has 98 valence electrons. The third-order valence-electron chi connectivity index (χ3n) is 1.77. The van der Waals surface area contributed by atoms with Crippen LogP contribution in [0.5, 0.6) is 6.01 Å². The van der Waals surface area contributed by atoms with Crippen molar-refractivity contribution in [3.8, 4) is 6.01 Å². The summed E-state index contributed by atoms with van der Waals surface area (Å²) >= 11 is 9.92. The molecule has 0 aromatic carbocycles. The predicted molar refractivity (Wildman–Crippen MR) is 70.8 cm³/mol. The molecule has 0 aliphatic carbocycles. The first-order chi connectivity index (χ1) is 8.42. The molecule has 0 saturated heterocycles. The summed E-state index contributed by atoms with van der Waals surface area (Å²) < 4.78 is 31.5. The highest BCUT2D eigenvalue weighted by Crippen LogP contribution is 2.35. The minimum atomic E-state index is -3.75. The molecule has 2 aromatic heterocycles.